The zero-order valence-corrected chi connectivity index (χ0v) is 20.2. The Morgan fingerprint density at radius 1 is 0.967 bits per heavy atom. The summed E-state index contributed by atoms with van der Waals surface area (Å²) in [7, 11) is 4.16. The number of benzene rings is 2. The number of carbonyl (C=O) groups is 2. The molecule has 0 saturated heterocycles. The van der Waals surface area contributed by atoms with Crippen molar-refractivity contribution in [3.63, 3.8) is 0 Å². The summed E-state index contributed by atoms with van der Waals surface area (Å²) in [6.45, 7) is 11.7. The Morgan fingerprint density at radius 3 is 1.93 bits per heavy atom. The van der Waals surface area contributed by atoms with Gasteiger partial charge in [-0.25, -0.2) is 4.79 Å². The molecule has 0 bridgehead atoms. The van der Waals surface area contributed by atoms with Crippen molar-refractivity contribution in [3.8, 4) is 0 Å². The van der Waals surface area contributed by atoms with E-state index in [0.717, 1.165) is 12.1 Å². The van der Waals surface area contributed by atoms with Gasteiger partial charge < -0.3 is 26.2 Å². The number of halogens is 1. The van der Waals surface area contributed by atoms with E-state index >= 15 is 0 Å². The van der Waals surface area contributed by atoms with Gasteiger partial charge in [0.1, 0.15) is 19.7 Å². The molecule has 0 unspecified atom stereocenters. The minimum Gasteiger partial charge on any atom is -1.00 e. The number of ether oxygens (including phenoxy) is 1. The second-order valence-corrected chi connectivity index (χ2v) is 9.04. The average Bonchev–Trinajstić information content (AvgIpc) is 2.67. The van der Waals surface area contributed by atoms with Crippen molar-refractivity contribution in [1.29, 1.82) is 0 Å². The first-order valence-electron chi connectivity index (χ1n) is 9.87. The minimum absolute atomic E-state index is 0. The molecule has 0 aliphatic rings. The van der Waals surface area contributed by atoms with Gasteiger partial charge >= 0.3 is 5.97 Å². The SMILES string of the molecule is C=CC(=O)OCC[N+](C)(C)Cc1ccc(C(=O)c2ccc(C(C)(C)C)cc2)cc1.[Br-]. The van der Waals surface area contributed by atoms with E-state index in [2.05, 4.69) is 41.4 Å². The molecule has 2 aromatic carbocycles. The number of carbonyl (C=O) groups excluding carboxylic acids is 2. The number of esters is 1. The van der Waals surface area contributed by atoms with E-state index in [1.807, 2.05) is 48.5 Å². The third-order valence-electron chi connectivity index (χ3n) is 4.95. The third kappa shape index (κ3) is 7.54. The van der Waals surface area contributed by atoms with E-state index in [4.69, 9.17) is 4.74 Å². The fourth-order valence-electron chi connectivity index (χ4n) is 3.08. The molecule has 0 fully saturated rings. The number of hydrogen-bond acceptors (Lipinski definition) is 3. The van der Waals surface area contributed by atoms with Crippen LogP contribution < -0.4 is 17.0 Å². The average molecular weight is 474 g/mol. The third-order valence-corrected chi connectivity index (χ3v) is 4.95. The van der Waals surface area contributed by atoms with Crippen molar-refractivity contribution < 1.29 is 35.8 Å². The van der Waals surface area contributed by atoms with E-state index in [9.17, 15) is 9.59 Å². The van der Waals surface area contributed by atoms with Crippen molar-refractivity contribution in [1.82, 2.24) is 0 Å². The topological polar surface area (TPSA) is 43.4 Å². The maximum Gasteiger partial charge on any atom is 0.330 e. The molecule has 0 heterocycles. The van der Waals surface area contributed by atoms with Crippen LogP contribution >= 0.6 is 0 Å². The van der Waals surface area contributed by atoms with E-state index in [1.165, 1.54) is 11.6 Å². The first kappa shape index (κ1) is 25.8. The van der Waals surface area contributed by atoms with Gasteiger partial charge in [0.25, 0.3) is 0 Å². The lowest BCUT2D eigenvalue weighted by Gasteiger charge is -2.29. The van der Waals surface area contributed by atoms with Gasteiger partial charge in [0.05, 0.1) is 14.1 Å². The molecule has 0 spiro atoms. The Morgan fingerprint density at radius 2 is 1.47 bits per heavy atom. The maximum atomic E-state index is 12.8. The molecule has 0 saturated carbocycles. The lowest BCUT2D eigenvalue weighted by atomic mass is 9.86. The monoisotopic (exact) mass is 473 g/mol. The van der Waals surface area contributed by atoms with Gasteiger partial charge in [0.15, 0.2) is 5.78 Å². The fraction of sp³-hybridized carbons (Fsp3) is 0.360. The van der Waals surface area contributed by atoms with Crippen molar-refractivity contribution >= 4 is 11.8 Å². The normalized spacial score (nSPS) is 11.4. The first-order chi connectivity index (χ1) is 13.5. The van der Waals surface area contributed by atoms with Crippen molar-refractivity contribution in [2.75, 3.05) is 27.2 Å². The number of likely N-dealkylation sites (N-methyl/N-ethyl adjacent to an activating group) is 1. The molecule has 0 aliphatic heterocycles. The van der Waals surface area contributed by atoms with E-state index < -0.39 is 5.97 Å². The molecule has 2 aromatic rings. The Kier molecular flexibility index (Phi) is 9.19. The summed E-state index contributed by atoms with van der Waals surface area (Å²) in [6, 6.07) is 15.6. The second kappa shape index (κ2) is 10.7. The lowest BCUT2D eigenvalue weighted by molar-refractivity contribution is -0.903. The van der Waals surface area contributed by atoms with Gasteiger partial charge in [-0.15, -0.1) is 0 Å². The molecule has 0 amide bonds. The summed E-state index contributed by atoms with van der Waals surface area (Å²) in [5.41, 5.74) is 3.79. The van der Waals surface area contributed by atoms with E-state index in [0.29, 0.717) is 28.8 Å². The predicted octanol–water partition coefficient (Wildman–Crippen LogP) is 1.52. The summed E-state index contributed by atoms with van der Waals surface area (Å²) in [5.74, 6) is -0.370. The van der Waals surface area contributed by atoms with E-state index in [1.54, 1.807) is 0 Å². The molecule has 0 radical (unpaired) electrons. The highest BCUT2D eigenvalue weighted by atomic mass is 79.9. The molecule has 5 heteroatoms. The molecular formula is C25H32BrNO3. The van der Waals surface area contributed by atoms with Crippen LogP contribution in [0.3, 0.4) is 0 Å². The van der Waals surface area contributed by atoms with Gasteiger partial charge in [0, 0.05) is 22.8 Å². The van der Waals surface area contributed by atoms with E-state index in [-0.39, 0.29) is 28.2 Å². The largest absolute Gasteiger partial charge is 1.00 e. The van der Waals surface area contributed by atoms with Crippen LogP contribution in [0.15, 0.2) is 61.2 Å². The summed E-state index contributed by atoms with van der Waals surface area (Å²) in [5, 5.41) is 0. The molecule has 2 rings (SSSR count). The zero-order valence-electron chi connectivity index (χ0n) is 18.6. The Hall–Kier alpha value is -2.24. The van der Waals surface area contributed by atoms with Crippen LogP contribution in [0.2, 0.25) is 0 Å². The van der Waals surface area contributed by atoms with Gasteiger partial charge in [-0.05, 0) is 11.0 Å². The molecule has 0 aliphatic carbocycles. The molecular weight excluding hydrogens is 442 g/mol. The van der Waals surface area contributed by atoms with Crippen LogP contribution in [0.5, 0.6) is 0 Å². The summed E-state index contributed by atoms with van der Waals surface area (Å²) in [6.07, 6.45) is 1.17. The summed E-state index contributed by atoms with van der Waals surface area (Å²) >= 11 is 0. The second-order valence-electron chi connectivity index (χ2n) is 9.04. The van der Waals surface area contributed by atoms with Crippen LogP contribution in [-0.2, 0) is 21.5 Å². The summed E-state index contributed by atoms with van der Waals surface area (Å²) in [4.78, 5) is 23.9. The van der Waals surface area contributed by atoms with Crippen LogP contribution in [0.4, 0.5) is 0 Å². The molecule has 0 atom stereocenters. The molecule has 4 nitrogen and oxygen atoms in total. The molecule has 0 N–H and O–H groups in total. The Balaban J connectivity index is 0.00000450. The van der Waals surface area contributed by atoms with Gasteiger partial charge in [0.2, 0.25) is 0 Å². The number of ketones is 1. The quantitative estimate of drug-likeness (QED) is 0.252. The highest BCUT2D eigenvalue weighted by molar-refractivity contribution is 6.09. The molecule has 162 valence electrons. The fourth-order valence-corrected chi connectivity index (χ4v) is 3.08. The lowest BCUT2D eigenvalue weighted by Crippen LogP contribution is -3.00. The maximum absolute atomic E-state index is 12.8. The number of rotatable bonds is 8. The van der Waals surface area contributed by atoms with Gasteiger partial charge in [-0.1, -0.05) is 75.9 Å². The zero-order chi connectivity index (χ0) is 21.7. The van der Waals surface area contributed by atoms with Gasteiger partial charge in [-0.3, -0.25) is 4.79 Å². The minimum atomic E-state index is -0.400. The molecule has 0 aromatic heterocycles. The number of quaternary nitrogens is 1. The van der Waals surface area contributed by atoms with Crippen LogP contribution in [0.25, 0.3) is 0 Å². The highest BCUT2D eigenvalue weighted by Gasteiger charge is 2.18. The standard InChI is InChI=1S/C25H32NO3.BrH/c1-7-23(27)29-17-16-26(5,6)18-19-8-10-20(11-9-19)24(28)21-12-14-22(15-13-21)25(2,3)4;/h7-15H,1,16-18H2,2-6H3;1H/q+1;/p-1. The Bertz CT molecular complexity index is 863. The smallest absolute Gasteiger partial charge is 0.330 e. The number of hydrogen-bond donors (Lipinski definition) is 0. The van der Waals surface area contributed by atoms with Crippen LogP contribution in [0, 0.1) is 0 Å². The highest BCUT2D eigenvalue weighted by Crippen LogP contribution is 2.23. The van der Waals surface area contributed by atoms with Gasteiger partial charge in [-0.2, -0.15) is 0 Å². The van der Waals surface area contributed by atoms with Crippen LogP contribution in [0.1, 0.15) is 47.8 Å². The van der Waals surface area contributed by atoms with Crippen molar-refractivity contribution in [2.45, 2.75) is 32.7 Å². The van der Waals surface area contributed by atoms with Crippen LogP contribution in [-0.4, -0.2) is 43.5 Å². The number of nitrogens with zero attached hydrogens (tertiary/aromatic N) is 1. The summed E-state index contributed by atoms with van der Waals surface area (Å²) < 4.78 is 5.75. The first-order valence-corrected chi connectivity index (χ1v) is 9.87. The van der Waals surface area contributed by atoms with Crippen molar-refractivity contribution in [3.05, 3.63) is 83.4 Å². The predicted molar refractivity (Wildman–Crippen MR) is 117 cm³/mol. The van der Waals surface area contributed by atoms with Crippen molar-refractivity contribution in [2.24, 2.45) is 0 Å². The Labute approximate surface area is 190 Å². The molecule has 30 heavy (non-hydrogen) atoms.